The summed E-state index contributed by atoms with van der Waals surface area (Å²) in [6, 6.07) is 0. The van der Waals surface area contributed by atoms with Crippen molar-refractivity contribution in [3.8, 4) is 0 Å². The molecule has 0 N–H and O–H groups in total. The number of hydrogen-bond acceptors (Lipinski definition) is 6. The van der Waals surface area contributed by atoms with Crippen LogP contribution in [0.5, 0.6) is 0 Å². The van der Waals surface area contributed by atoms with Crippen molar-refractivity contribution >= 4 is 5.91 Å². The number of carbonyl (C=O) groups is 1. The van der Waals surface area contributed by atoms with Crippen LogP contribution in [0.4, 0.5) is 4.39 Å². The fourth-order valence-corrected chi connectivity index (χ4v) is 4.89. The minimum Gasteiger partial charge on any atom is -0.379 e. The van der Waals surface area contributed by atoms with Crippen molar-refractivity contribution in [1.82, 2.24) is 19.6 Å². The molecule has 7 nitrogen and oxygen atoms in total. The molecule has 284 valence electrons. The molecule has 0 aromatic heterocycles. The molecule has 3 aliphatic rings. The number of likely N-dealkylation sites (tertiary alicyclic amines) is 1. The van der Waals surface area contributed by atoms with E-state index in [1.807, 2.05) is 20.8 Å². The summed E-state index contributed by atoms with van der Waals surface area (Å²) in [5, 5.41) is 0. The smallest absolute Gasteiger partial charge is 0.227 e. The molecular formula is C38H87FN4O3. The standard InChI is InChI=1S/C10H21NO.C9H18FN.C8H17NO.C7H15NO.4CH4/c1-10(2,3)4-5-11-6-8-12-9-7-11;1-8(2,3)5-11-6-9(4,10)7-11;1-8(2,3)9-4-6-10-7-5-9;1-7(2,3)6(9)8(4)5;;;;/h4-9H2,1-3H3;5-7H2,1-4H3;4-7H2,1-3H3;1-5H3;4*1H4. The Kier molecular flexibility index (Phi) is 28.0. The van der Waals surface area contributed by atoms with Crippen molar-refractivity contribution in [3.05, 3.63) is 0 Å². The van der Waals surface area contributed by atoms with E-state index in [2.05, 4.69) is 77.0 Å². The first-order valence-electron chi connectivity index (χ1n) is 16.1. The number of carbonyl (C=O) groups excluding carboxylic acids is 1. The normalized spacial score (nSPS) is 18.7. The second-order valence-electron chi connectivity index (χ2n) is 17.1. The molecule has 0 saturated carbocycles. The minimum absolute atomic E-state index is 0. The molecule has 3 saturated heterocycles. The van der Waals surface area contributed by atoms with E-state index in [1.54, 1.807) is 25.9 Å². The van der Waals surface area contributed by atoms with E-state index < -0.39 is 5.67 Å². The van der Waals surface area contributed by atoms with Gasteiger partial charge in [0.1, 0.15) is 5.67 Å². The van der Waals surface area contributed by atoms with E-state index in [0.717, 1.165) is 59.2 Å². The predicted molar refractivity (Wildman–Crippen MR) is 204 cm³/mol. The van der Waals surface area contributed by atoms with Crippen molar-refractivity contribution in [3.63, 3.8) is 0 Å². The van der Waals surface area contributed by atoms with Gasteiger partial charge in [-0.25, -0.2) is 4.39 Å². The average molecular weight is 667 g/mol. The number of amides is 1. The summed E-state index contributed by atoms with van der Waals surface area (Å²) in [6.45, 7) is 39.1. The molecule has 0 unspecified atom stereocenters. The predicted octanol–water partition coefficient (Wildman–Crippen LogP) is 8.61. The molecule has 0 aromatic rings. The molecule has 1 amide bonds. The molecule has 3 fully saturated rings. The van der Waals surface area contributed by atoms with Crippen LogP contribution < -0.4 is 0 Å². The van der Waals surface area contributed by atoms with Crippen molar-refractivity contribution in [2.45, 2.75) is 137 Å². The number of morpholine rings is 2. The lowest BCUT2D eigenvalue weighted by Gasteiger charge is -2.45. The number of rotatable bonds is 3. The Morgan fingerprint density at radius 1 is 0.696 bits per heavy atom. The van der Waals surface area contributed by atoms with Gasteiger partial charge < -0.3 is 14.4 Å². The molecule has 0 spiro atoms. The van der Waals surface area contributed by atoms with Crippen LogP contribution in [-0.4, -0.2) is 130 Å². The fourth-order valence-electron chi connectivity index (χ4n) is 4.89. The largest absolute Gasteiger partial charge is 0.379 e. The Morgan fingerprint density at radius 3 is 1.33 bits per heavy atom. The van der Waals surface area contributed by atoms with Gasteiger partial charge in [-0.05, 0) is 51.5 Å². The van der Waals surface area contributed by atoms with Gasteiger partial charge in [0.25, 0.3) is 0 Å². The van der Waals surface area contributed by atoms with Gasteiger partial charge in [0, 0.05) is 70.9 Å². The summed E-state index contributed by atoms with van der Waals surface area (Å²) >= 11 is 0. The van der Waals surface area contributed by atoms with E-state index in [9.17, 15) is 9.18 Å². The van der Waals surface area contributed by atoms with E-state index in [-0.39, 0.29) is 41.0 Å². The van der Waals surface area contributed by atoms with Crippen LogP contribution in [0.2, 0.25) is 0 Å². The van der Waals surface area contributed by atoms with Gasteiger partial charge in [-0.1, -0.05) is 92.0 Å². The van der Waals surface area contributed by atoms with E-state index in [1.165, 1.54) is 13.0 Å². The lowest BCUT2D eigenvalue weighted by atomic mass is 9.91. The van der Waals surface area contributed by atoms with Crippen LogP contribution in [0, 0.1) is 16.2 Å². The first-order chi connectivity index (χ1) is 18.8. The molecular weight excluding hydrogens is 579 g/mol. The topological polar surface area (TPSA) is 48.5 Å². The maximum absolute atomic E-state index is 13.0. The average Bonchev–Trinajstić information content (AvgIpc) is 2.81. The molecule has 0 aromatic carbocycles. The minimum atomic E-state index is -0.911. The summed E-state index contributed by atoms with van der Waals surface area (Å²) in [4.78, 5) is 19.8. The fraction of sp³-hybridized carbons (Fsp3) is 0.974. The summed E-state index contributed by atoms with van der Waals surface area (Å²) in [5.74, 6) is 0.169. The third-order valence-corrected chi connectivity index (χ3v) is 7.09. The van der Waals surface area contributed by atoms with Crippen molar-refractivity contribution < 1.29 is 18.7 Å². The van der Waals surface area contributed by atoms with E-state index in [4.69, 9.17) is 9.47 Å². The highest BCUT2D eigenvalue weighted by Crippen LogP contribution is 2.28. The van der Waals surface area contributed by atoms with Crippen molar-refractivity contribution in [2.24, 2.45) is 16.2 Å². The van der Waals surface area contributed by atoms with Gasteiger partial charge in [0.05, 0.1) is 26.4 Å². The molecule has 0 radical (unpaired) electrons. The Labute approximate surface area is 290 Å². The molecule has 3 rings (SSSR count). The second kappa shape index (κ2) is 23.5. The highest BCUT2D eigenvalue weighted by atomic mass is 19.1. The highest BCUT2D eigenvalue weighted by molar-refractivity contribution is 5.80. The Morgan fingerprint density at radius 2 is 1.09 bits per heavy atom. The zero-order valence-corrected chi connectivity index (χ0v) is 30.6. The second-order valence-corrected chi connectivity index (χ2v) is 17.1. The Balaban J connectivity index is -0.000000159. The molecule has 0 bridgehead atoms. The van der Waals surface area contributed by atoms with Crippen LogP contribution in [0.3, 0.4) is 0 Å². The molecule has 3 heterocycles. The Bertz CT molecular complexity index is 727. The zero-order chi connectivity index (χ0) is 33.0. The molecule has 0 aliphatic carbocycles. The first kappa shape index (κ1) is 54.6. The zero-order valence-electron chi connectivity index (χ0n) is 30.6. The van der Waals surface area contributed by atoms with Gasteiger partial charge in [-0.2, -0.15) is 0 Å². The Hall–Kier alpha value is -0.800. The van der Waals surface area contributed by atoms with E-state index in [0.29, 0.717) is 29.5 Å². The van der Waals surface area contributed by atoms with Gasteiger partial charge in [-0.15, -0.1) is 0 Å². The quantitative estimate of drug-likeness (QED) is 0.301. The van der Waals surface area contributed by atoms with Crippen molar-refractivity contribution in [1.29, 1.82) is 0 Å². The molecule has 46 heavy (non-hydrogen) atoms. The van der Waals surface area contributed by atoms with Crippen LogP contribution >= 0.6 is 0 Å². The highest BCUT2D eigenvalue weighted by Gasteiger charge is 2.39. The SMILES string of the molecule is C.C.C.C.CC(C)(C)CCN1CCOCC1.CC(C)(C)CN1CC(C)(F)C1.CC(C)(C)N1CCOCC1.CN(C)C(=O)C(C)(C)C. The third-order valence-electron chi connectivity index (χ3n) is 7.09. The third kappa shape index (κ3) is 28.2. The number of ether oxygens (including phenoxy) is 2. The van der Waals surface area contributed by atoms with E-state index >= 15 is 0 Å². The molecule has 8 heteroatoms. The maximum Gasteiger partial charge on any atom is 0.227 e. The number of hydrogen-bond donors (Lipinski definition) is 0. The number of alkyl halides is 1. The van der Waals surface area contributed by atoms with Gasteiger partial charge in [0.15, 0.2) is 0 Å². The number of nitrogens with zero attached hydrogens (tertiary/aromatic N) is 4. The van der Waals surface area contributed by atoms with Gasteiger partial charge >= 0.3 is 0 Å². The summed E-state index contributed by atoms with van der Waals surface area (Å²) in [6.07, 6.45) is 1.28. The summed E-state index contributed by atoms with van der Waals surface area (Å²) in [7, 11) is 3.54. The summed E-state index contributed by atoms with van der Waals surface area (Å²) in [5.41, 5.74) is -0.0483. The van der Waals surface area contributed by atoms with Crippen LogP contribution in [0.15, 0.2) is 0 Å². The molecule has 3 aliphatic heterocycles. The summed E-state index contributed by atoms with van der Waals surface area (Å²) < 4.78 is 23.5. The first-order valence-corrected chi connectivity index (χ1v) is 16.1. The van der Waals surface area contributed by atoms with Gasteiger partial charge in [-0.3, -0.25) is 19.5 Å². The van der Waals surface area contributed by atoms with Crippen LogP contribution in [-0.2, 0) is 14.3 Å². The molecule has 0 atom stereocenters. The number of halogens is 1. The maximum atomic E-state index is 13.0. The lowest BCUT2D eigenvalue weighted by molar-refractivity contribution is -0.136. The van der Waals surface area contributed by atoms with Gasteiger partial charge in [0.2, 0.25) is 5.91 Å². The van der Waals surface area contributed by atoms with Crippen molar-refractivity contribution in [2.75, 3.05) is 92.9 Å². The lowest BCUT2D eigenvalue weighted by Crippen LogP contribution is -2.58. The van der Waals surface area contributed by atoms with Crippen LogP contribution in [0.1, 0.15) is 126 Å². The monoisotopic (exact) mass is 667 g/mol. The van der Waals surface area contributed by atoms with Crippen LogP contribution in [0.25, 0.3) is 0 Å².